The van der Waals surface area contributed by atoms with Crippen molar-refractivity contribution in [2.75, 3.05) is 5.73 Å². The fourth-order valence-electron chi connectivity index (χ4n) is 1.52. The summed E-state index contributed by atoms with van der Waals surface area (Å²) >= 11 is 0. The number of nitrogens with zero attached hydrogens (tertiary/aromatic N) is 1. The minimum absolute atomic E-state index is 0.152. The molecule has 4 heteroatoms. The van der Waals surface area contributed by atoms with E-state index in [2.05, 4.69) is 0 Å². The number of hydrogen-bond acceptors (Lipinski definition) is 2. The van der Waals surface area contributed by atoms with Gasteiger partial charge in [0.05, 0.1) is 5.56 Å². The highest BCUT2D eigenvalue weighted by Crippen LogP contribution is 2.22. The number of carboxylic acids is 1. The van der Waals surface area contributed by atoms with Crippen LogP contribution in [0.2, 0.25) is 0 Å². The zero-order valence-corrected chi connectivity index (χ0v) is 7.69. The third-order valence-electron chi connectivity index (χ3n) is 2.29. The van der Waals surface area contributed by atoms with Gasteiger partial charge in [0.15, 0.2) is 0 Å². The first-order valence-electron chi connectivity index (χ1n) is 4.17. The number of carboxylic acid groups (broad SMARTS) is 1. The highest BCUT2D eigenvalue weighted by Gasteiger charge is 2.10. The molecule has 0 aliphatic carbocycles. The molecule has 0 bridgehead atoms. The number of fused-ring (bicyclic) bond motifs is 1. The van der Waals surface area contributed by atoms with Gasteiger partial charge in [0.1, 0.15) is 0 Å². The molecular formula is C10H10N2O2. The Morgan fingerprint density at radius 1 is 1.50 bits per heavy atom. The summed E-state index contributed by atoms with van der Waals surface area (Å²) in [5.41, 5.74) is 6.93. The van der Waals surface area contributed by atoms with Gasteiger partial charge >= 0.3 is 5.97 Å². The maximum atomic E-state index is 10.8. The predicted octanol–water partition coefficient (Wildman–Crippen LogP) is 1.46. The first-order chi connectivity index (χ1) is 6.59. The van der Waals surface area contributed by atoms with Gasteiger partial charge in [-0.05, 0) is 18.2 Å². The molecule has 14 heavy (non-hydrogen) atoms. The Morgan fingerprint density at radius 3 is 2.86 bits per heavy atom. The molecule has 0 atom stereocenters. The number of aryl methyl sites for hydroxylation is 1. The number of anilines is 1. The lowest BCUT2D eigenvalue weighted by Crippen LogP contribution is -2.02. The molecule has 3 N–H and O–H groups in total. The molecule has 0 radical (unpaired) electrons. The summed E-state index contributed by atoms with van der Waals surface area (Å²) in [6.07, 6.45) is 1.87. The number of aromatic nitrogens is 1. The Balaban J connectivity index is 2.80. The Hall–Kier alpha value is -1.97. The third kappa shape index (κ3) is 1.12. The van der Waals surface area contributed by atoms with Crippen molar-refractivity contribution < 1.29 is 9.90 Å². The molecule has 0 aliphatic rings. The molecule has 0 aliphatic heterocycles. The molecule has 0 saturated heterocycles. The van der Waals surface area contributed by atoms with Crippen LogP contribution < -0.4 is 5.73 Å². The second-order valence-electron chi connectivity index (χ2n) is 3.23. The lowest BCUT2D eigenvalue weighted by Gasteiger charge is -2.02. The van der Waals surface area contributed by atoms with E-state index in [9.17, 15) is 4.79 Å². The molecule has 0 amide bonds. The molecule has 72 valence electrons. The minimum Gasteiger partial charge on any atom is -0.478 e. The van der Waals surface area contributed by atoms with Crippen LogP contribution in [0.1, 0.15) is 10.4 Å². The largest absolute Gasteiger partial charge is 0.478 e. The molecule has 0 spiro atoms. The monoisotopic (exact) mass is 190 g/mol. The van der Waals surface area contributed by atoms with Crippen LogP contribution >= 0.6 is 0 Å². The highest BCUT2D eigenvalue weighted by atomic mass is 16.4. The van der Waals surface area contributed by atoms with Crippen LogP contribution in [0.3, 0.4) is 0 Å². The van der Waals surface area contributed by atoms with Gasteiger partial charge in [0.2, 0.25) is 0 Å². The van der Waals surface area contributed by atoms with Crippen LogP contribution in [0.15, 0.2) is 24.4 Å². The van der Waals surface area contributed by atoms with Crippen LogP contribution in [-0.4, -0.2) is 15.6 Å². The van der Waals surface area contributed by atoms with E-state index in [4.69, 9.17) is 10.8 Å². The summed E-state index contributed by atoms with van der Waals surface area (Å²) in [6.45, 7) is 0. The van der Waals surface area contributed by atoms with E-state index in [0.717, 1.165) is 10.9 Å². The quantitative estimate of drug-likeness (QED) is 0.669. The van der Waals surface area contributed by atoms with Gasteiger partial charge in [-0.2, -0.15) is 0 Å². The summed E-state index contributed by atoms with van der Waals surface area (Å²) in [7, 11) is 1.87. The van der Waals surface area contributed by atoms with Gasteiger partial charge in [0.25, 0.3) is 0 Å². The number of aromatic carboxylic acids is 1. The zero-order chi connectivity index (χ0) is 10.3. The second kappa shape index (κ2) is 2.77. The molecule has 2 rings (SSSR count). The maximum Gasteiger partial charge on any atom is 0.337 e. The standard InChI is InChI=1S/C10H10N2O2/c1-12-3-2-6-4-8(11)7(10(13)14)5-9(6)12/h2-5H,11H2,1H3,(H,13,14). The first kappa shape index (κ1) is 8.62. The lowest BCUT2D eigenvalue weighted by molar-refractivity contribution is 0.0698. The van der Waals surface area contributed by atoms with Gasteiger partial charge in [-0.1, -0.05) is 0 Å². The minimum atomic E-state index is -0.995. The number of nitrogen functional groups attached to an aromatic ring is 1. The van der Waals surface area contributed by atoms with Crippen molar-refractivity contribution in [3.8, 4) is 0 Å². The van der Waals surface area contributed by atoms with Crippen molar-refractivity contribution in [2.24, 2.45) is 7.05 Å². The Kier molecular flexibility index (Phi) is 1.70. The second-order valence-corrected chi connectivity index (χ2v) is 3.23. The molecule has 4 nitrogen and oxygen atoms in total. The smallest absolute Gasteiger partial charge is 0.337 e. The Labute approximate surface area is 80.6 Å². The van der Waals surface area contributed by atoms with Crippen LogP contribution in [0, 0.1) is 0 Å². The van der Waals surface area contributed by atoms with E-state index < -0.39 is 5.97 Å². The number of benzene rings is 1. The topological polar surface area (TPSA) is 68.2 Å². The predicted molar refractivity (Wildman–Crippen MR) is 54.3 cm³/mol. The van der Waals surface area contributed by atoms with E-state index in [1.165, 1.54) is 0 Å². The summed E-state index contributed by atoms with van der Waals surface area (Å²) in [4.78, 5) is 10.8. The van der Waals surface area contributed by atoms with Crippen LogP contribution in [0.4, 0.5) is 5.69 Å². The van der Waals surface area contributed by atoms with Gasteiger partial charge in [-0.25, -0.2) is 4.79 Å². The SMILES string of the molecule is Cn1ccc2cc(N)c(C(=O)O)cc21. The fourth-order valence-corrected chi connectivity index (χ4v) is 1.52. The van der Waals surface area contributed by atoms with Crippen molar-refractivity contribution >= 4 is 22.6 Å². The van der Waals surface area contributed by atoms with E-state index in [1.54, 1.807) is 12.1 Å². The van der Waals surface area contributed by atoms with Crippen molar-refractivity contribution in [1.82, 2.24) is 4.57 Å². The average Bonchev–Trinajstić information content (AvgIpc) is 2.46. The van der Waals surface area contributed by atoms with Crippen molar-refractivity contribution in [1.29, 1.82) is 0 Å². The van der Waals surface area contributed by atoms with Gasteiger partial charge < -0.3 is 15.4 Å². The number of hydrogen-bond donors (Lipinski definition) is 2. The summed E-state index contributed by atoms with van der Waals surface area (Å²) < 4.78 is 1.86. The average molecular weight is 190 g/mol. The number of carbonyl (C=O) groups is 1. The van der Waals surface area contributed by atoms with E-state index in [1.807, 2.05) is 23.9 Å². The Morgan fingerprint density at radius 2 is 2.21 bits per heavy atom. The fraction of sp³-hybridized carbons (Fsp3) is 0.100. The highest BCUT2D eigenvalue weighted by molar-refractivity contribution is 5.99. The number of rotatable bonds is 1. The summed E-state index contributed by atoms with van der Waals surface area (Å²) in [5, 5.41) is 9.82. The Bertz CT molecular complexity index is 514. The molecule has 0 unspecified atom stereocenters. The molecule has 1 heterocycles. The van der Waals surface area contributed by atoms with Crippen LogP contribution in [-0.2, 0) is 7.05 Å². The summed E-state index contributed by atoms with van der Waals surface area (Å²) in [6, 6.07) is 5.17. The van der Waals surface area contributed by atoms with E-state index >= 15 is 0 Å². The lowest BCUT2D eigenvalue weighted by atomic mass is 10.1. The molecule has 0 saturated carbocycles. The van der Waals surface area contributed by atoms with Crippen LogP contribution in [0.25, 0.3) is 10.9 Å². The molecule has 1 aromatic carbocycles. The normalized spacial score (nSPS) is 10.6. The molecule has 2 aromatic rings. The van der Waals surface area contributed by atoms with Crippen LogP contribution in [0.5, 0.6) is 0 Å². The van der Waals surface area contributed by atoms with Gasteiger partial charge in [0, 0.05) is 29.8 Å². The van der Waals surface area contributed by atoms with Crippen molar-refractivity contribution in [3.63, 3.8) is 0 Å². The maximum absolute atomic E-state index is 10.8. The third-order valence-corrected chi connectivity index (χ3v) is 2.29. The molecule has 0 fully saturated rings. The van der Waals surface area contributed by atoms with Crippen molar-refractivity contribution in [3.05, 3.63) is 30.0 Å². The molecule has 1 aromatic heterocycles. The van der Waals surface area contributed by atoms with Gasteiger partial charge in [-0.15, -0.1) is 0 Å². The van der Waals surface area contributed by atoms with Crippen molar-refractivity contribution in [2.45, 2.75) is 0 Å². The van der Waals surface area contributed by atoms with E-state index in [0.29, 0.717) is 5.69 Å². The number of nitrogens with two attached hydrogens (primary N) is 1. The summed E-state index contributed by atoms with van der Waals surface area (Å²) in [5.74, 6) is -0.995. The van der Waals surface area contributed by atoms with E-state index in [-0.39, 0.29) is 5.56 Å². The van der Waals surface area contributed by atoms with Gasteiger partial charge in [-0.3, -0.25) is 0 Å². The zero-order valence-electron chi connectivity index (χ0n) is 7.69. The first-order valence-corrected chi connectivity index (χ1v) is 4.17. The molecular weight excluding hydrogens is 180 g/mol.